The Bertz CT molecular complexity index is 1080. The van der Waals surface area contributed by atoms with E-state index in [-0.39, 0.29) is 5.91 Å². The van der Waals surface area contributed by atoms with Crippen molar-refractivity contribution >= 4 is 5.91 Å². The number of hydrogen-bond donors (Lipinski definition) is 2. The summed E-state index contributed by atoms with van der Waals surface area (Å²) in [7, 11) is 0. The summed E-state index contributed by atoms with van der Waals surface area (Å²) in [6.07, 6.45) is 11.1. The van der Waals surface area contributed by atoms with Crippen LogP contribution in [-0.2, 0) is 12.8 Å². The summed E-state index contributed by atoms with van der Waals surface area (Å²) < 4.78 is 0. The maximum absolute atomic E-state index is 12.7. The monoisotopic (exact) mass is 455 g/mol. The first-order valence-corrected chi connectivity index (χ1v) is 13.2. The molecule has 1 fully saturated rings. The fourth-order valence-electron chi connectivity index (χ4n) is 5.58. The van der Waals surface area contributed by atoms with Crippen LogP contribution in [0.3, 0.4) is 0 Å². The van der Waals surface area contributed by atoms with Crippen LogP contribution >= 0.6 is 0 Å². The molecule has 0 saturated carbocycles. The SMILES string of the molecule is O=C(NCCCN1CCCCCC1)c1ccc(-c2c(-c3ccccc3)[nH]c3c2CCCC3)cc1. The molecule has 2 aromatic carbocycles. The lowest BCUT2D eigenvalue weighted by atomic mass is 9.90. The fourth-order valence-corrected chi connectivity index (χ4v) is 5.58. The van der Waals surface area contributed by atoms with Gasteiger partial charge in [0.1, 0.15) is 0 Å². The summed E-state index contributed by atoms with van der Waals surface area (Å²) in [5, 5.41) is 3.12. The van der Waals surface area contributed by atoms with E-state index >= 15 is 0 Å². The standard InChI is InChI=1S/C30H37N3O/c34-30(31-19-10-22-33-20-8-1-2-9-21-33)25-17-15-23(16-18-25)28-26-13-6-7-14-27(26)32-29(28)24-11-4-3-5-12-24/h3-5,11-12,15-18,32H,1-2,6-10,13-14,19-22H2,(H,31,34). The molecule has 0 atom stereocenters. The van der Waals surface area contributed by atoms with Gasteiger partial charge in [0.15, 0.2) is 0 Å². The predicted molar refractivity (Wildman–Crippen MR) is 140 cm³/mol. The van der Waals surface area contributed by atoms with Crippen LogP contribution in [0.2, 0.25) is 0 Å². The normalized spacial score (nSPS) is 16.6. The van der Waals surface area contributed by atoms with Crippen LogP contribution in [-0.4, -0.2) is 42.0 Å². The molecule has 0 unspecified atom stereocenters. The summed E-state index contributed by atoms with van der Waals surface area (Å²) in [6.45, 7) is 4.24. The van der Waals surface area contributed by atoms with Gasteiger partial charge >= 0.3 is 0 Å². The third-order valence-electron chi connectivity index (χ3n) is 7.43. The second kappa shape index (κ2) is 11.1. The Morgan fingerprint density at radius 2 is 1.56 bits per heavy atom. The summed E-state index contributed by atoms with van der Waals surface area (Å²) in [5.41, 5.74) is 8.50. The van der Waals surface area contributed by atoms with Crippen molar-refractivity contribution in [3.8, 4) is 22.4 Å². The predicted octanol–water partition coefficient (Wildman–Crippen LogP) is 6.22. The number of rotatable bonds is 7. The number of nitrogens with one attached hydrogen (secondary N) is 2. The van der Waals surface area contributed by atoms with Crippen molar-refractivity contribution in [1.29, 1.82) is 0 Å². The highest BCUT2D eigenvalue weighted by molar-refractivity contribution is 5.95. The van der Waals surface area contributed by atoms with Gasteiger partial charge in [0.25, 0.3) is 5.91 Å². The van der Waals surface area contributed by atoms with Crippen molar-refractivity contribution < 1.29 is 4.79 Å². The van der Waals surface area contributed by atoms with Crippen LogP contribution in [0.15, 0.2) is 54.6 Å². The number of hydrogen-bond acceptors (Lipinski definition) is 2. The van der Waals surface area contributed by atoms with Crippen LogP contribution < -0.4 is 5.32 Å². The summed E-state index contributed by atoms with van der Waals surface area (Å²) >= 11 is 0. The molecule has 0 bridgehead atoms. The average Bonchev–Trinajstić information content (AvgIpc) is 3.08. The molecule has 2 aliphatic rings. The molecular formula is C30H37N3O. The van der Waals surface area contributed by atoms with Gasteiger partial charge in [-0.15, -0.1) is 0 Å². The first-order chi connectivity index (χ1) is 16.8. The first kappa shape index (κ1) is 22.9. The number of benzene rings is 2. The average molecular weight is 456 g/mol. The third kappa shape index (κ3) is 5.28. The second-order valence-corrected chi connectivity index (χ2v) is 9.85. The molecule has 0 radical (unpaired) electrons. The first-order valence-electron chi connectivity index (χ1n) is 13.2. The van der Waals surface area contributed by atoms with E-state index in [9.17, 15) is 4.79 Å². The molecule has 5 rings (SSSR count). The van der Waals surface area contributed by atoms with E-state index < -0.39 is 0 Å². The number of aromatic amines is 1. The topological polar surface area (TPSA) is 48.1 Å². The number of fused-ring (bicyclic) bond motifs is 1. The largest absolute Gasteiger partial charge is 0.358 e. The lowest BCUT2D eigenvalue weighted by Gasteiger charge is -2.19. The van der Waals surface area contributed by atoms with Crippen molar-refractivity contribution in [2.45, 2.75) is 57.8 Å². The highest BCUT2D eigenvalue weighted by Crippen LogP contribution is 2.39. The Kier molecular flexibility index (Phi) is 7.45. The number of aryl methyl sites for hydroxylation is 1. The summed E-state index contributed by atoms with van der Waals surface area (Å²) in [5.74, 6) is 0.0294. The molecule has 1 aliphatic heterocycles. The molecule has 1 aromatic heterocycles. The van der Waals surface area contributed by atoms with Gasteiger partial charge in [-0.25, -0.2) is 0 Å². The molecule has 1 saturated heterocycles. The van der Waals surface area contributed by atoms with Crippen LogP contribution in [0.5, 0.6) is 0 Å². The Balaban J connectivity index is 1.26. The smallest absolute Gasteiger partial charge is 0.251 e. The molecule has 2 heterocycles. The molecule has 4 nitrogen and oxygen atoms in total. The molecule has 1 amide bonds. The Morgan fingerprint density at radius 1 is 0.824 bits per heavy atom. The zero-order chi connectivity index (χ0) is 23.2. The maximum atomic E-state index is 12.7. The van der Waals surface area contributed by atoms with Crippen LogP contribution in [0, 0.1) is 0 Å². The minimum atomic E-state index is 0.0294. The van der Waals surface area contributed by atoms with Crippen LogP contribution in [0.1, 0.15) is 66.6 Å². The molecule has 3 aromatic rings. The van der Waals surface area contributed by atoms with Crippen molar-refractivity contribution in [3.63, 3.8) is 0 Å². The van der Waals surface area contributed by atoms with E-state index in [1.165, 1.54) is 85.3 Å². The van der Waals surface area contributed by atoms with E-state index in [0.29, 0.717) is 0 Å². The number of nitrogens with zero attached hydrogens (tertiary/aromatic N) is 1. The molecule has 178 valence electrons. The van der Waals surface area contributed by atoms with E-state index in [1.807, 2.05) is 12.1 Å². The fraction of sp³-hybridized carbons (Fsp3) is 0.433. The highest BCUT2D eigenvalue weighted by Gasteiger charge is 2.22. The lowest BCUT2D eigenvalue weighted by Crippen LogP contribution is -2.30. The van der Waals surface area contributed by atoms with E-state index in [0.717, 1.165) is 37.9 Å². The molecule has 2 N–H and O–H groups in total. The lowest BCUT2D eigenvalue weighted by molar-refractivity contribution is 0.0951. The van der Waals surface area contributed by atoms with Gasteiger partial charge in [0.05, 0.1) is 5.69 Å². The third-order valence-corrected chi connectivity index (χ3v) is 7.43. The van der Waals surface area contributed by atoms with Crippen LogP contribution in [0.4, 0.5) is 0 Å². The Labute approximate surface area is 203 Å². The van der Waals surface area contributed by atoms with Gasteiger partial charge in [-0.1, -0.05) is 55.3 Å². The minimum absolute atomic E-state index is 0.0294. The zero-order valence-electron chi connectivity index (χ0n) is 20.2. The van der Waals surface area contributed by atoms with Gasteiger partial charge in [-0.05, 0) is 93.4 Å². The summed E-state index contributed by atoms with van der Waals surface area (Å²) in [4.78, 5) is 19.0. The molecule has 4 heteroatoms. The molecule has 1 aliphatic carbocycles. The number of amides is 1. The number of likely N-dealkylation sites (tertiary alicyclic amines) is 1. The van der Waals surface area contributed by atoms with E-state index in [2.05, 4.69) is 57.7 Å². The minimum Gasteiger partial charge on any atom is -0.358 e. The maximum Gasteiger partial charge on any atom is 0.251 e. The number of H-pyrrole nitrogens is 1. The van der Waals surface area contributed by atoms with Crippen molar-refractivity contribution in [3.05, 3.63) is 71.4 Å². The number of carbonyl (C=O) groups is 1. The highest BCUT2D eigenvalue weighted by atomic mass is 16.1. The Morgan fingerprint density at radius 3 is 2.32 bits per heavy atom. The van der Waals surface area contributed by atoms with Gasteiger partial charge in [0.2, 0.25) is 0 Å². The van der Waals surface area contributed by atoms with Crippen LogP contribution in [0.25, 0.3) is 22.4 Å². The van der Waals surface area contributed by atoms with Gasteiger partial charge in [-0.2, -0.15) is 0 Å². The number of carbonyl (C=O) groups excluding carboxylic acids is 1. The van der Waals surface area contributed by atoms with E-state index in [4.69, 9.17) is 0 Å². The summed E-state index contributed by atoms with van der Waals surface area (Å²) in [6, 6.07) is 18.8. The van der Waals surface area contributed by atoms with E-state index in [1.54, 1.807) is 0 Å². The molecular weight excluding hydrogens is 418 g/mol. The Hall–Kier alpha value is -2.85. The van der Waals surface area contributed by atoms with Crippen molar-refractivity contribution in [1.82, 2.24) is 15.2 Å². The van der Waals surface area contributed by atoms with Crippen molar-refractivity contribution in [2.24, 2.45) is 0 Å². The van der Waals surface area contributed by atoms with Crippen molar-refractivity contribution in [2.75, 3.05) is 26.2 Å². The zero-order valence-corrected chi connectivity index (χ0v) is 20.2. The second-order valence-electron chi connectivity index (χ2n) is 9.85. The van der Waals surface area contributed by atoms with Gasteiger partial charge in [-0.3, -0.25) is 4.79 Å². The number of aromatic nitrogens is 1. The molecule has 0 spiro atoms. The van der Waals surface area contributed by atoms with Gasteiger partial charge < -0.3 is 15.2 Å². The quantitative estimate of drug-likeness (QED) is 0.415. The molecule has 34 heavy (non-hydrogen) atoms. The van der Waals surface area contributed by atoms with Gasteiger partial charge in [0, 0.05) is 23.4 Å².